The molecular formula is C12H15ClFNO2. The van der Waals surface area contributed by atoms with Crippen LogP contribution in [0.15, 0.2) is 18.2 Å². The molecule has 0 saturated carbocycles. The Morgan fingerprint density at radius 2 is 2.18 bits per heavy atom. The van der Waals surface area contributed by atoms with Gasteiger partial charge in [-0.15, -0.1) is 0 Å². The fraction of sp³-hybridized carbons (Fsp3) is 0.417. The van der Waals surface area contributed by atoms with Crippen molar-refractivity contribution in [3.05, 3.63) is 34.6 Å². The van der Waals surface area contributed by atoms with Crippen LogP contribution in [0.3, 0.4) is 0 Å². The van der Waals surface area contributed by atoms with Crippen LogP contribution in [-0.4, -0.2) is 18.6 Å². The van der Waals surface area contributed by atoms with E-state index in [-0.39, 0.29) is 6.54 Å². The highest BCUT2D eigenvalue weighted by molar-refractivity contribution is 6.31. The molecule has 0 saturated heterocycles. The van der Waals surface area contributed by atoms with Gasteiger partial charge in [-0.2, -0.15) is 0 Å². The minimum Gasteiger partial charge on any atom is -0.468 e. The Labute approximate surface area is 105 Å². The number of hydrogen-bond donors (Lipinski definition) is 1. The molecule has 1 aromatic rings. The Kier molecular flexibility index (Phi) is 4.48. The number of carbonyl (C=O) groups is 1. The van der Waals surface area contributed by atoms with Crippen LogP contribution in [0.5, 0.6) is 0 Å². The number of hydrogen-bond acceptors (Lipinski definition) is 3. The lowest BCUT2D eigenvalue weighted by atomic mass is 10.1. The second kappa shape index (κ2) is 5.47. The molecule has 1 N–H and O–H groups in total. The van der Waals surface area contributed by atoms with Crippen LogP contribution >= 0.6 is 11.6 Å². The summed E-state index contributed by atoms with van der Waals surface area (Å²) in [5, 5.41) is 3.24. The van der Waals surface area contributed by atoms with Crippen molar-refractivity contribution in [2.75, 3.05) is 7.11 Å². The Hall–Kier alpha value is -1.13. The molecule has 0 spiro atoms. The molecule has 0 aliphatic rings. The Bertz CT molecular complexity index is 401. The zero-order valence-corrected chi connectivity index (χ0v) is 10.8. The van der Waals surface area contributed by atoms with Gasteiger partial charge in [0.25, 0.3) is 0 Å². The summed E-state index contributed by atoms with van der Waals surface area (Å²) in [5.74, 6) is -0.810. The van der Waals surface area contributed by atoms with Crippen LogP contribution in [0.1, 0.15) is 19.4 Å². The van der Waals surface area contributed by atoms with Crippen LogP contribution in [0.4, 0.5) is 4.39 Å². The molecule has 0 amide bonds. The number of ether oxygens (including phenoxy) is 1. The van der Waals surface area contributed by atoms with E-state index >= 15 is 0 Å². The van der Waals surface area contributed by atoms with Gasteiger partial charge in [0.05, 0.1) is 7.11 Å². The van der Waals surface area contributed by atoms with Gasteiger partial charge in [-0.3, -0.25) is 10.1 Å². The molecule has 0 aliphatic carbocycles. The Morgan fingerprint density at radius 3 is 2.71 bits per heavy atom. The average Bonchev–Trinajstić information content (AvgIpc) is 2.27. The molecule has 0 bridgehead atoms. The molecule has 1 rings (SSSR count). The van der Waals surface area contributed by atoms with E-state index in [1.807, 2.05) is 0 Å². The summed E-state index contributed by atoms with van der Waals surface area (Å²) in [6.45, 7) is 3.48. The summed E-state index contributed by atoms with van der Waals surface area (Å²) < 4.78 is 18.1. The standard InChI is InChI=1S/C12H15ClFNO2/c1-12(2,11(16)17-3)15-7-8-9(13)5-4-6-10(8)14/h4-6,15H,7H2,1-3H3. The van der Waals surface area contributed by atoms with Crippen molar-refractivity contribution in [1.82, 2.24) is 5.32 Å². The smallest absolute Gasteiger partial charge is 0.325 e. The largest absolute Gasteiger partial charge is 0.468 e. The third kappa shape index (κ3) is 3.41. The highest BCUT2D eigenvalue weighted by Gasteiger charge is 2.28. The van der Waals surface area contributed by atoms with Gasteiger partial charge in [0.15, 0.2) is 0 Å². The molecule has 0 atom stereocenters. The summed E-state index contributed by atoms with van der Waals surface area (Å²) in [6.07, 6.45) is 0. The minimum absolute atomic E-state index is 0.160. The maximum Gasteiger partial charge on any atom is 0.325 e. The van der Waals surface area contributed by atoms with E-state index in [9.17, 15) is 9.18 Å². The van der Waals surface area contributed by atoms with Crippen molar-refractivity contribution < 1.29 is 13.9 Å². The predicted octanol–water partition coefficient (Wildman–Crippen LogP) is 2.52. The number of methoxy groups -OCH3 is 1. The van der Waals surface area contributed by atoms with Crippen molar-refractivity contribution in [1.29, 1.82) is 0 Å². The third-order valence-electron chi connectivity index (χ3n) is 2.46. The summed E-state index contributed by atoms with van der Waals surface area (Å²) in [5.41, 5.74) is -0.550. The molecule has 0 aliphatic heterocycles. The monoisotopic (exact) mass is 259 g/mol. The van der Waals surface area contributed by atoms with Crippen LogP contribution in [0.2, 0.25) is 5.02 Å². The SMILES string of the molecule is COC(=O)C(C)(C)NCc1c(F)cccc1Cl. The Morgan fingerprint density at radius 1 is 1.53 bits per heavy atom. The first-order valence-electron chi connectivity index (χ1n) is 5.15. The highest BCUT2D eigenvalue weighted by Crippen LogP contribution is 2.19. The van der Waals surface area contributed by atoms with Gasteiger partial charge in [0, 0.05) is 17.1 Å². The molecule has 94 valence electrons. The molecule has 5 heteroatoms. The lowest BCUT2D eigenvalue weighted by Gasteiger charge is -2.23. The van der Waals surface area contributed by atoms with E-state index in [1.54, 1.807) is 19.9 Å². The maximum atomic E-state index is 13.5. The molecule has 17 heavy (non-hydrogen) atoms. The van der Waals surface area contributed by atoms with Crippen molar-refractivity contribution >= 4 is 17.6 Å². The van der Waals surface area contributed by atoms with E-state index in [0.717, 1.165) is 0 Å². The number of benzene rings is 1. The van der Waals surface area contributed by atoms with Crippen molar-refractivity contribution in [2.24, 2.45) is 0 Å². The molecular weight excluding hydrogens is 245 g/mol. The normalized spacial score (nSPS) is 11.4. The van der Waals surface area contributed by atoms with E-state index in [2.05, 4.69) is 10.1 Å². The predicted molar refractivity (Wildman–Crippen MR) is 64.3 cm³/mol. The molecule has 0 fully saturated rings. The van der Waals surface area contributed by atoms with Gasteiger partial charge in [0.2, 0.25) is 0 Å². The van der Waals surface area contributed by atoms with Gasteiger partial charge in [-0.05, 0) is 26.0 Å². The topological polar surface area (TPSA) is 38.3 Å². The van der Waals surface area contributed by atoms with Gasteiger partial charge >= 0.3 is 5.97 Å². The molecule has 1 aromatic carbocycles. The zero-order chi connectivity index (χ0) is 13.1. The second-order valence-corrected chi connectivity index (χ2v) is 4.58. The van der Waals surface area contributed by atoms with Crippen LogP contribution in [0, 0.1) is 5.82 Å². The lowest BCUT2D eigenvalue weighted by Crippen LogP contribution is -2.47. The average molecular weight is 260 g/mol. The van der Waals surface area contributed by atoms with Crippen molar-refractivity contribution in [2.45, 2.75) is 25.9 Å². The van der Waals surface area contributed by atoms with E-state index in [1.165, 1.54) is 19.2 Å². The van der Waals surface area contributed by atoms with Gasteiger partial charge < -0.3 is 4.74 Å². The first-order chi connectivity index (χ1) is 7.88. The summed E-state index contributed by atoms with van der Waals surface area (Å²) in [4.78, 5) is 11.4. The van der Waals surface area contributed by atoms with E-state index in [4.69, 9.17) is 11.6 Å². The van der Waals surface area contributed by atoms with Crippen LogP contribution in [-0.2, 0) is 16.1 Å². The summed E-state index contributed by atoms with van der Waals surface area (Å²) in [6, 6.07) is 4.47. The van der Waals surface area contributed by atoms with E-state index in [0.29, 0.717) is 10.6 Å². The molecule has 0 unspecified atom stereocenters. The van der Waals surface area contributed by atoms with Crippen LogP contribution < -0.4 is 5.32 Å². The van der Waals surface area contributed by atoms with Gasteiger partial charge in [0.1, 0.15) is 11.4 Å². The van der Waals surface area contributed by atoms with E-state index < -0.39 is 17.3 Å². The van der Waals surface area contributed by atoms with Crippen molar-refractivity contribution in [3.8, 4) is 0 Å². The lowest BCUT2D eigenvalue weighted by molar-refractivity contribution is -0.147. The highest BCUT2D eigenvalue weighted by atomic mass is 35.5. The quantitative estimate of drug-likeness (QED) is 0.845. The number of halogens is 2. The van der Waals surface area contributed by atoms with Crippen LogP contribution in [0.25, 0.3) is 0 Å². The second-order valence-electron chi connectivity index (χ2n) is 4.17. The first kappa shape index (κ1) is 13.9. The zero-order valence-electron chi connectivity index (χ0n) is 10.0. The number of nitrogens with one attached hydrogen (secondary N) is 1. The minimum atomic E-state index is -0.889. The number of rotatable bonds is 4. The fourth-order valence-corrected chi connectivity index (χ4v) is 1.57. The number of esters is 1. The van der Waals surface area contributed by atoms with Gasteiger partial charge in [-0.25, -0.2) is 4.39 Å². The molecule has 0 heterocycles. The van der Waals surface area contributed by atoms with Gasteiger partial charge in [-0.1, -0.05) is 17.7 Å². The maximum absolute atomic E-state index is 13.5. The molecule has 0 aromatic heterocycles. The fourth-order valence-electron chi connectivity index (χ4n) is 1.34. The van der Waals surface area contributed by atoms with Crippen molar-refractivity contribution in [3.63, 3.8) is 0 Å². The summed E-state index contributed by atoms with van der Waals surface area (Å²) in [7, 11) is 1.31. The first-order valence-corrected chi connectivity index (χ1v) is 5.52. The third-order valence-corrected chi connectivity index (χ3v) is 2.82. The summed E-state index contributed by atoms with van der Waals surface area (Å²) >= 11 is 5.88. The molecule has 0 radical (unpaired) electrons. The Balaban J connectivity index is 2.77. The molecule has 3 nitrogen and oxygen atoms in total. The number of carbonyl (C=O) groups excluding carboxylic acids is 1.